The van der Waals surface area contributed by atoms with Crippen molar-refractivity contribution in [2.24, 2.45) is 5.92 Å². The van der Waals surface area contributed by atoms with Gasteiger partial charge in [0.05, 0.1) is 30.6 Å². The molecule has 1 aliphatic heterocycles. The molecule has 2 aromatic rings. The Bertz CT molecular complexity index is 996. The normalized spacial score (nSPS) is 16.6. The Labute approximate surface area is 171 Å². The fourth-order valence-electron chi connectivity index (χ4n) is 3.22. The highest BCUT2D eigenvalue weighted by Gasteiger charge is 2.28. The summed E-state index contributed by atoms with van der Waals surface area (Å²) in [6.07, 6.45) is 0. The number of hydrogen-bond donors (Lipinski definition) is 1. The van der Waals surface area contributed by atoms with E-state index in [9.17, 15) is 13.2 Å². The second-order valence-corrected chi connectivity index (χ2v) is 9.18. The van der Waals surface area contributed by atoms with Crippen LogP contribution in [0.25, 0.3) is 0 Å². The fourth-order valence-corrected chi connectivity index (χ4v) is 4.88. The molecule has 2 heterocycles. The highest BCUT2D eigenvalue weighted by molar-refractivity contribution is 7.89. The van der Waals surface area contributed by atoms with Crippen LogP contribution in [0.5, 0.6) is 0 Å². The van der Waals surface area contributed by atoms with Crippen molar-refractivity contribution >= 4 is 21.6 Å². The first kappa shape index (κ1) is 21.4. The van der Waals surface area contributed by atoms with Gasteiger partial charge in [0.2, 0.25) is 15.9 Å². The Morgan fingerprint density at radius 2 is 1.93 bits per heavy atom. The number of amides is 1. The van der Waals surface area contributed by atoms with Gasteiger partial charge in [0, 0.05) is 18.8 Å². The summed E-state index contributed by atoms with van der Waals surface area (Å²) in [7, 11) is -3.64. The molecule has 0 bridgehead atoms. The van der Waals surface area contributed by atoms with Crippen molar-refractivity contribution in [1.29, 1.82) is 0 Å². The Morgan fingerprint density at radius 1 is 1.24 bits per heavy atom. The van der Waals surface area contributed by atoms with Crippen LogP contribution in [0.4, 0.5) is 5.69 Å². The zero-order valence-electron chi connectivity index (χ0n) is 17.2. The van der Waals surface area contributed by atoms with Gasteiger partial charge < -0.3 is 10.1 Å². The van der Waals surface area contributed by atoms with Crippen LogP contribution in [0.15, 0.2) is 23.1 Å². The van der Waals surface area contributed by atoms with E-state index in [1.54, 1.807) is 37.6 Å². The average Bonchev–Trinajstić information content (AvgIpc) is 3.00. The van der Waals surface area contributed by atoms with Crippen LogP contribution < -0.4 is 5.32 Å². The van der Waals surface area contributed by atoms with Crippen LogP contribution in [0.1, 0.15) is 24.1 Å². The summed E-state index contributed by atoms with van der Waals surface area (Å²) in [4.78, 5) is 17.1. The molecule has 0 saturated carbocycles. The smallest absolute Gasteiger partial charge is 0.243 e. The molecule has 1 atom stereocenters. The fraction of sp³-hybridized carbons (Fsp3) is 0.526. The number of carbonyl (C=O) groups is 1. The molecule has 0 spiro atoms. The quantitative estimate of drug-likeness (QED) is 0.758. The molecule has 158 valence electrons. The lowest BCUT2D eigenvalue weighted by molar-refractivity contribution is -0.119. The second kappa shape index (κ2) is 8.60. The molecule has 1 saturated heterocycles. The van der Waals surface area contributed by atoms with Crippen molar-refractivity contribution in [2.75, 3.05) is 31.6 Å². The molecule has 10 heteroatoms. The van der Waals surface area contributed by atoms with Gasteiger partial charge in [-0.2, -0.15) is 9.40 Å². The maximum Gasteiger partial charge on any atom is 0.243 e. The summed E-state index contributed by atoms with van der Waals surface area (Å²) in [6, 6.07) is 4.94. The molecular weight excluding hydrogens is 394 g/mol. The van der Waals surface area contributed by atoms with Gasteiger partial charge >= 0.3 is 0 Å². The molecule has 1 aromatic carbocycles. The number of benzene rings is 1. The molecule has 3 rings (SSSR count). The summed E-state index contributed by atoms with van der Waals surface area (Å²) in [5.74, 6) is 0.828. The van der Waals surface area contributed by atoms with E-state index in [1.165, 1.54) is 10.4 Å². The van der Waals surface area contributed by atoms with Gasteiger partial charge in [-0.3, -0.25) is 4.79 Å². The minimum absolute atomic E-state index is 0.201. The first-order chi connectivity index (χ1) is 13.7. The summed E-state index contributed by atoms with van der Waals surface area (Å²) >= 11 is 0. The molecule has 0 aliphatic carbocycles. The van der Waals surface area contributed by atoms with Crippen molar-refractivity contribution in [1.82, 2.24) is 19.1 Å². The standard InChI is InChI=1S/C19H27N5O4S/c1-13-5-6-17(11-18(13)29(26,27)23-7-9-28-10-8-23)21-19(25)14(2)12-24-16(4)20-15(3)22-24/h5-6,11,14H,7-10,12H2,1-4H3,(H,21,25). The number of hydrogen-bond acceptors (Lipinski definition) is 6. The van der Waals surface area contributed by atoms with Crippen molar-refractivity contribution in [3.05, 3.63) is 35.4 Å². The number of morpholine rings is 1. The second-order valence-electron chi connectivity index (χ2n) is 7.28. The zero-order chi connectivity index (χ0) is 21.2. The molecule has 0 radical (unpaired) electrons. The van der Waals surface area contributed by atoms with E-state index in [0.29, 0.717) is 49.9 Å². The average molecular weight is 422 g/mol. The first-order valence-electron chi connectivity index (χ1n) is 9.56. The van der Waals surface area contributed by atoms with Gasteiger partial charge in [-0.1, -0.05) is 13.0 Å². The number of sulfonamides is 1. The topological polar surface area (TPSA) is 106 Å². The van der Waals surface area contributed by atoms with Crippen LogP contribution in [-0.2, 0) is 26.1 Å². The van der Waals surface area contributed by atoms with E-state index < -0.39 is 10.0 Å². The number of carbonyl (C=O) groups excluding carboxylic acids is 1. The number of aryl methyl sites for hydroxylation is 3. The van der Waals surface area contributed by atoms with Gasteiger partial charge in [0.25, 0.3) is 0 Å². The molecule has 1 aromatic heterocycles. The first-order valence-corrected chi connectivity index (χ1v) is 11.0. The summed E-state index contributed by atoms with van der Waals surface area (Å²) < 4.78 is 34.4. The molecule has 1 N–H and O–H groups in total. The number of rotatable bonds is 6. The third-order valence-corrected chi connectivity index (χ3v) is 6.94. The van der Waals surface area contributed by atoms with Crippen molar-refractivity contribution in [3.63, 3.8) is 0 Å². The third-order valence-electron chi connectivity index (χ3n) is 4.90. The van der Waals surface area contributed by atoms with Crippen LogP contribution in [-0.4, -0.2) is 59.7 Å². The summed E-state index contributed by atoms with van der Waals surface area (Å²) in [6.45, 7) is 9.00. The predicted octanol–water partition coefficient (Wildman–Crippen LogP) is 1.50. The number of nitrogens with one attached hydrogen (secondary N) is 1. The van der Waals surface area contributed by atoms with E-state index in [1.807, 2.05) is 6.92 Å². The number of anilines is 1. The SMILES string of the molecule is Cc1nc(C)n(CC(C)C(=O)Nc2ccc(C)c(S(=O)(=O)N3CCOCC3)c2)n1. The summed E-state index contributed by atoms with van der Waals surface area (Å²) in [5, 5.41) is 7.10. The largest absolute Gasteiger partial charge is 0.379 e. The third kappa shape index (κ3) is 4.82. The molecule has 1 amide bonds. The minimum Gasteiger partial charge on any atom is -0.379 e. The maximum atomic E-state index is 13.0. The Morgan fingerprint density at radius 3 is 2.55 bits per heavy atom. The maximum absolute atomic E-state index is 13.0. The lowest BCUT2D eigenvalue weighted by Gasteiger charge is -2.27. The highest BCUT2D eigenvalue weighted by Crippen LogP contribution is 2.24. The van der Waals surface area contributed by atoms with Gasteiger partial charge in [-0.25, -0.2) is 18.1 Å². The predicted molar refractivity (Wildman–Crippen MR) is 108 cm³/mol. The lowest BCUT2D eigenvalue weighted by atomic mass is 10.1. The van der Waals surface area contributed by atoms with Gasteiger partial charge in [0.15, 0.2) is 0 Å². The molecule has 1 aliphatic rings. The van der Waals surface area contributed by atoms with Crippen LogP contribution in [0, 0.1) is 26.7 Å². The van der Waals surface area contributed by atoms with Gasteiger partial charge in [-0.05, 0) is 38.5 Å². The number of aromatic nitrogens is 3. The van der Waals surface area contributed by atoms with E-state index >= 15 is 0 Å². The molecule has 1 fully saturated rings. The minimum atomic E-state index is -3.64. The lowest BCUT2D eigenvalue weighted by Crippen LogP contribution is -2.40. The van der Waals surface area contributed by atoms with E-state index in [2.05, 4.69) is 15.4 Å². The van der Waals surface area contributed by atoms with Crippen molar-refractivity contribution in [2.45, 2.75) is 39.1 Å². The summed E-state index contributed by atoms with van der Waals surface area (Å²) in [5.41, 5.74) is 1.09. The van der Waals surface area contributed by atoms with Crippen LogP contribution >= 0.6 is 0 Å². The van der Waals surface area contributed by atoms with E-state index in [4.69, 9.17) is 4.74 Å². The number of ether oxygens (including phenoxy) is 1. The van der Waals surface area contributed by atoms with E-state index in [0.717, 1.165) is 5.82 Å². The molecule has 1 unspecified atom stereocenters. The zero-order valence-corrected chi connectivity index (χ0v) is 18.0. The Kier molecular flexibility index (Phi) is 6.35. The Balaban J connectivity index is 1.75. The Hall–Kier alpha value is -2.30. The van der Waals surface area contributed by atoms with Crippen molar-refractivity contribution in [3.8, 4) is 0 Å². The monoisotopic (exact) mass is 421 g/mol. The van der Waals surface area contributed by atoms with Crippen LogP contribution in [0.2, 0.25) is 0 Å². The molecule has 29 heavy (non-hydrogen) atoms. The van der Waals surface area contributed by atoms with E-state index in [-0.39, 0.29) is 16.7 Å². The molecule has 9 nitrogen and oxygen atoms in total. The molecular formula is C19H27N5O4S. The number of nitrogens with zero attached hydrogens (tertiary/aromatic N) is 4. The van der Waals surface area contributed by atoms with Gasteiger partial charge in [0.1, 0.15) is 11.6 Å². The van der Waals surface area contributed by atoms with Crippen molar-refractivity contribution < 1.29 is 17.9 Å². The van der Waals surface area contributed by atoms with Gasteiger partial charge in [-0.15, -0.1) is 0 Å². The van der Waals surface area contributed by atoms with Crippen LogP contribution in [0.3, 0.4) is 0 Å². The highest BCUT2D eigenvalue weighted by atomic mass is 32.2.